The van der Waals surface area contributed by atoms with Crippen LogP contribution < -0.4 is 16.4 Å². The summed E-state index contributed by atoms with van der Waals surface area (Å²) in [7, 11) is 0. The number of hydrogen-bond acceptors (Lipinski definition) is 4. The summed E-state index contributed by atoms with van der Waals surface area (Å²) < 4.78 is 6.58. The van der Waals surface area contributed by atoms with Crippen molar-refractivity contribution in [3.8, 4) is 0 Å². The maximum atomic E-state index is 12.2. The lowest BCUT2D eigenvalue weighted by Crippen LogP contribution is -2.23. The second-order valence-corrected chi connectivity index (χ2v) is 5.73. The molecule has 0 spiro atoms. The number of fused-ring (bicyclic) bond motifs is 1. The van der Waals surface area contributed by atoms with Crippen molar-refractivity contribution in [2.24, 2.45) is 0 Å². The molecule has 3 rings (SSSR count). The van der Waals surface area contributed by atoms with E-state index in [4.69, 9.17) is 4.42 Å². The topological polar surface area (TPSA) is 93.3 Å². The molecule has 2 aromatic carbocycles. The molecule has 7 heteroatoms. The fraction of sp³-hybridized carbons (Fsp3) is 0.211. The first-order valence-electron chi connectivity index (χ1n) is 8.35. The molecule has 0 unspecified atom stereocenters. The number of aromatic nitrogens is 1. The number of para-hydroxylation sites is 2. The van der Waals surface area contributed by atoms with Crippen LogP contribution in [0.5, 0.6) is 0 Å². The minimum atomic E-state index is -0.489. The van der Waals surface area contributed by atoms with Gasteiger partial charge in [-0.2, -0.15) is 0 Å². The van der Waals surface area contributed by atoms with Crippen LogP contribution in [0.25, 0.3) is 11.1 Å². The second kappa shape index (κ2) is 7.69. The van der Waals surface area contributed by atoms with E-state index in [1.807, 2.05) is 6.92 Å². The van der Waals surface area contributed by atoms with Gasteiger partial charge in [0.25, 0.3) is 5.91 Å². The predicted molar refractivity (Wildman–Crippen MR) is 98.2 cm³/mol. The lowest BCUT2D eigenvalue weighted by molar-refractivity contribution is -0.116. The van der Waals surface area contributed by atoms with Crippen LogP contribution in [0.2, 0.25) is 0 Å². The first-order chi connectivity index (χ1) is 12.6. The number of carbonyl (C=O) groups excluding carboxylic acids is 2. The fourth-order valence-corrected chi connectivity index (χ4v) is 2.66. The third kappa shape index (κ3) is 3.83. The molecular formula is C19H19N3O4. The summed E-state index contributed by atoms with van der Waals surface area (Å²) in [5.41, 5.74) is 2.15. The fourth-order valence-electron chi connectivity index (χ4n) is 2.66. The maximum Gasteiger partial charge on any atom is 0.419 e. The molecule has 2 N–H and O–H groups in total. The van der Waals surface area contributed by atoms with E-state index >= 15 is 0 Å². The summed E-state index contributed by atoms with van der Waals surface area (Å²) in [6.45, 7) is 2.57. The Hall–Kier alpha value is -3.35. The highest BCUT2D eigenvalue weighted by molar-refractivity contribution is 5.97. The van der Waals surface area contributed by atoms with Crippen molar-refractivity contribution in [1.82, 2.24) is 9.88 Å². The van der Waals surface area contributed by atoms with Gasteiger partial charge in [0.05, 0.1) is 5.52 Å². The molecule has 3 aromatic rings. The Labute approximate surface area is 149 Å². The number of amides is 2. The quantitative estimate of drug-likeness (QED) is 0.711. The van der Waals surface area contributed by atoms with Crippen LogP contribution in [0.3, 0.4) is 0 Å². The lowest BCUT2D eigenvalue weighted by Gasteiger charge is -2.08. The van der Waals surface area contributed by atoms with Crippen molar-refractivity contribution >= 4 is 28.6 Å². The van der Waals surface area contributed by atoms with Crippen molar-refractivity contribution in [3.63, 3.8) is 0 Å². The number of anilines is 1. The summed E-state index contributed by atoms with van der Waals surface area (Å²) in [5.74, 6) is -0.938. The molecule has 0 aliphatic rings. The number of nitrogens with one attached hydrogen (secondary N) is 2. The van der Waals surface area contributed by atoms with E-state index in [2.05, 4.69) is 10.6 Å². The summed E-state index contributed by atoms with van der Waals surface area (Å²) in [4.78, 5) is 36.0. The van der Waals surface area contributed by atoms with E-state index < -0.39 is 5.76 Å². The molecule has 134 valence electrons. The third-order valence-corrected chi connectivity index (χ3v) is 3.88. The van der Waals surface area contributed by atoms with E-state index in [0.29, 0.717) is 28.9 Å². The van der Waals surface area contributed by atoms with E-state index in [-0.39, 0.29) is 24.8 Å². The molecule has 2 amide bonds. The van der Waals surface area contributed by atoms with Crippen molar-refractivity contribution in [2.45, 2.75) is 19.9 Å². The largest absolute Gasteiger partial charge is 0.419 e. The molecule has 0 fully saturated rings. The highest BCUT2D eigenvalue weighted by atomic mass is 16.4. The van der Waals surface area contributed by atoms with Crippen molar-refractivity contribution < 1.29 is 14.0 Å². The molecule has 26 heavy (non-hydrogen) atoms. The molecule has 0 atom stereocenters. The highest BCUT2D eigenvalue weighted by Gasteiger charge is 2.11. The summed E-state index contributed by atoms with van der Waals surface area (Å²) in [5, 5.41) is 5.45. The van der Waals surface area contributed by atoms with Crippen LogP contribution >= 0.6 is 0 Å². The average molecular weight is 353 g/mol. The number of rotatable bonds is 6. The average Bonchev–Trinajstić information content (AvgIpc) is 2.95. The number of hydrogen-bond donors (Lipinski definition) is 2. The zero-order chi connectivity index (χ0) is 18.5. The Kier molecular flexibility index (Phi) is 5.17. The lowest BCUT2D eigenvalue weighted by atomic mass is 10.2. The van der Waals surface area contributed by atoms with Crippen molar-refractivity contribution in [3.05, 3.63) is 64.6 Å². The van der Waals surface area contributed by atoms with Gasteiger partial charge in [0, 0.05) is 30.8 Å². The molecule has 1 aromatic heterocycles. The zero-order valence-electron chi connectivity index (χ0n) is 14.3. The Morgan fingerprint density at radius 3 is 2.73 bits per heavy atom. The van der Waals surface area contributed by atoms with Gasteiger partial charge in [-0.15, -0.1) is 0 Å². The number of benzene rings is 2. The summed E-state index contributed by atoms with van der Waals surface area (Å²) in [6, 6.07) is 13.8. The first kappa shape index (κ1) is 17.5. The summed E-state index contributed by atoms with van der Waals surface area (Å²) >= 11 is 0. The Balaban J connectivity index is 1.66. The zero-order valence-corrected chi connectivity index (χ0v) is 14.3. The van der Waals surface area contributed by atoms with Crippen LogP contribution in [-0.4, -0.2) is 22.9 Å². The van der Waals surface area contributed by atoms with Crippen LogP contribution in [0.15, 0.2) is 57.7 Å². The standard InChI is InChI=1S/C19H19N3O4/c1-2-20-18(24)13-6-5-7-14(12-13)21-17(23)10-11-22-15-8-3-4-9-16(15)26-19(22)25/h3-9,12H,2,10-11H2,1H3,(H,20,24)(H,21,23). The maximum absolute atomic E-state index is 12.2. The molecule has 0 aliphatic heterocycles. The van der Waals surface area contributed by atoms with Crippen molar-refractivity contribution in [2.75, 3.05) is 11.9 Å². The molecule has 1 heterocycles. The number of oxazole rings is 1. The first-order valence-corrected chi connectivity index (χ1v) is 8.35. The molecule has 7 nitrogen and oxygen atoms in total. The van der Waals surface area contributed by atoms with Crippen molar-refractivity contribution in [1.29, 1.82) is 0 Å². The number of nitrogens with zero attached hydrogens (tertiary/aromatic N) is 1. The summed E-state index contributed by atoms with van der Waals surface area (Å²) in [6.07, 6.45) is 0.106. The Morgan fingerprint density at radius 2 is 1.92 bits per heavy atom. The monoisotopic (exact) mass is 353 g/mol. The van der Waals surface area contributed by atoms with Gasteiger partial charge < -0.3 is 15.1 Å². The molecule has 0 bridgehead atoms. The van der Waals surface area contributed by atoms with Crippen LogP contribution in [0.4, 0.5) is 5.69 Å². The number of aryl methyl sites for hydroxylation is 1. The van der Waals surface area contributed by atoms with E-state index in [9.17, 15) is 14.4 Å². The van der Waals surface area contributed by atoms with Gasteiger partial charge in [-0.3, -0.25) is 14.2 Å². The predicted octanol–water partition coefficient (Wildman–Crippen LogP) is 2.37. The van der Waals surface area contributed by atoms with E-state index in [0.717, 1.165) is 0 Å². The van der Waals surface area contributed by atoms with E-state index in [1.165, 1.54) is 4.57 Å². The minimum absolute atomic E-state index is 0.106. The Morgan fingerprint density at radius 1 is 1.12 bits per heavy atom. The Bertz CT molecular complexity index is 1000. The van der Waals surface area contributed by atoms with E-state index in [1.54, 1.807) is 48.5 Å². The second-order valence-electron chi connectivity index (χ2n) is 5.73. The van der Waals surface area contributed by atoms with Gasteiger partial charge in [-0.05, 0) is 37.3 Å². The van der Waals surface area contributed by atoms with Gasteiger partial charge in [0.1, 0.15) is 0 Å². The van der Waals surface area contributed by atoms with Gasteiger partial charge in [0.15, 0.2) is 5.58 Å². The van der Waals surface area contributed by atoms with Crippen LogP contribution in [0, 0.1) is 0 Å². The molecule has 0 aliphatic carbocycles. The molecular weight excluding hydrogens is 334 g/mol. The van der Waals surface area contributed by atoms with Gasteiger partial charge in [-0.1, -0.05) is 18.2 Å². The van der Waals surface area contributed by atoms with Crippen LogP contribution in [0.1, 0.15) is 23.7 Å². The van der Waals surface area contributed by atoms with Crippen LogP contribution in [-0.2, 0) is 11.3 Å². The normalized spacial score (nSPS) is 10.7. The third-order valence-electron chi connectivity index (χ3n) is 3.88. The van der Waals surface area contributed by atoms with Gasteiger partial charge in [0.2, 0.25) is 5.91 Å². The smallest absolute Gasteiger partial charge is 0.408 e. The molecule has 0 radical (unpaired) electrons. The van der Waals surface area contributed by atoms with Gasteiger partial charge >= 0.3 is 5.76 Å². The number of carbonyl (C=O) groups is 2. The highest BCUT2D eigenvalue weighted by Crippen LogP contribution is 2.13. The molecule has 0 saturated carbocycles. The van der Waals surface area contributed by atoms with Gasteiger partial charge in [-0.25, -0.2) is 4.79 Å². The molecule has 0 saturated heterocycles. The minimum Gasteiger partial charge on any atom is -0.408 e. The SMILES string of the molecule is CCNC(=O)c1cccc(NC(=O)CCn2c(=O)oc3ccccc32)c1.